The van der Waals surface area contributed by atoms with Crippen molar-refractivity contribution in [1.82, 2.24) is 0 Å². The molecule has 76 valence electrons. The fourth-order valence-corrected chi connectivity index (χ4v) is 1.30. The van der Waals surface area contributed by atoms with Crippen LogP contribution in [-0.2, 0) is 11.2 Å². The van der Waals surface area contributed by atoms with Crippen molar-refractivity contribution in [2.24, 2.45) is 0 Å². The summed E-state index contributed by atoms with van der Waals surface area (Å²) in [4.78, 5) is 10.4. The van der Waals surface area contributed by atoms with Gasteiger partial charge in [0, 0.05) is 11.1 Å². The normalized spacial score (nSPS) is 10.3. The first-order valence-corrected chi connectivity index (χ1v) is 4.16. The van der Waals surface area contributed by atoms with Crippen LogP contribution in [0.2, 0.25) is 5.02 Å². The molecule has 5 heteroatoms. The minimum Gasteiger partial charge on any atom is -0.481 e. The van der Waals surface area contributed by atoms with Crippen molar-refractivity contribution in [3.05, 3.63) is 33.9 Å². The van der Waals surface area contributed by atoms with Crippen LogP contribution >= 0.6 is 11.6 Å². The summed E-state index contributed by atoms with van der Waals surface area (Å²) in [6.45, 7) is 1.23. The van der Waals surface area contributed by atoms with Crippen molar-refractivity contribution in [3.63, 3.8) is 0 Å². The summed E-state index contributed by atoms with van der Waals surface area (Å²) in [6.07, 6.45) is -0.550. The number of carboxylic acid groups (broad SMARTS) is 1. The van der Waals surface area contributed by atoms with Gasteiger partial charge in [0.05, 0.1) is 11.4 Å². The average Bonchev–Trinajstić information content (AvgIpc) is 2.09. The summed E-state index contributed by atoms with van der Waals surface area (Å²) < 4.78 is 26.2. The molecule has 1 rings (SSSR count). The lowest BCUT2D eigenvalue weighted by Crippen LogP contribution is -2.05. The fraction of sp³-hybridized carbons (Fsp3) is 0.222. The molecule has 14 heavy (non-hydrogen) atoms. The van der Waals surface area contributed by atoms with Crippen molar-refractivity contribution >= 4 is 17.6 Å². The van der Waals surface area contributed by atoms with Gasteiger partial charge in [-0.05, 0) is 13.0 Å². The molecular weight excluding hydrogens is 214 g/mol. The zero-order valence-corrected chi connectivity index (χ0v) is 8.03. The third-order valence-electron chi connectivity index (χ3n) is 1.82. The predicted molar refractivity (Wildman–Crippen MR) is 47.4 cm³/mol. The Morgan fingerprint density at radius 1 is 1.57 bits per heavy atom. The van der Waals surface area contributed by atoms with Crippen LogP contribution in [-0.4, -0.2) is 11.1 Å². The van der Waals surface area contributed by atoms with Crippen LogP contribution in [0, 0.1) is 18.6 Å². The number of aliphatic carboxylic acids is 1. The van der Waals surface area contributed by atoms with Gasteiger partial charge in [-0.3, -0.25) is 4.79 Å². The highest BCUT2D eigenvalue weighted by Gasteiger charge is 2.16. The van der Waals surface area contributed by atoms with Crippen LogP contribution < -0.4 is 0 Å². The summed E-state index contributed by atoms with van der Waals surface area (Å²) >= 11 is 5.51. The Labute approximate surface area is 84.1 Å². The van der Waals surface area contributed by atoms with E-state index in [0.717, 1.165) is 6.07 Å². The van der Waals surface area contributed by atoms with E-state index in [-0.39, 0.29) is 16.1 Å². The van der Waals surface area contributed by atoms with E-state index in [1.807, 2.05) is 0 Å². The molecular formula is C9H7ClF2O2. The quantitative estimate of drug-likeness (QED) is 0.832. The first kappa shape index (κ1) is 10.9. The van der Waals surface area contributed by atoms with Gasteiger partial charge < -0.3 is 5.11 Å². The van der Waals surface area contributed by atoms with Crippen molar-refractivity contribution in [2.45, 2.75) is 13.3 Å². The van der Waals surface area contributed by atoms with Gasteiger partial charge >= 0.3 is 5.97 Å². The molecule has 0 aliphatic carbocycles. The van der Waals surface area contributed by atoms with Gasteiger partial charge in [-0.1, -0.05) is 11.6 Å². The molecule has 0 aliphatic rings. The Hall–Kier alpha value is -1.16. The van der Waals surface area contributed by atoms with E-state index in [1.54, 1.807) is 0 Å². The highest BCUT2D eigenvalue weighted by Crippen LogP contribution is 2.25. The first-order chi connectivity index (χ1) is 6.43. The molecule has 0 radical (unpaired) electrons. The Bertz CT molecular complexity index is 391. The molecule has 0 fully saturated rings. The maximum Gasteiger partial charge on any atom is 0.307 e. The maximum atomic E-state index is 13.3. The molecule has 0 bridgehead atoms. The molecule has 1 N–H and O–H groups in total. The molecule has 0 saturated heterocycles. The summed E-state index contributed by atoms with van der Waals surface area (Å²) in [5, 5.41) is 8.26. The molecule has 0 saturated carbocycles. The van der Waals surface area contributed by atoms with E-state index >= 15 is 0 Å². The number of carbonyl (C=O) groups is 1. The second-order valence-corrected chi connectivity index (χ2v) is 3.24. The second kappa shape index (κ2) is 3.92. The Morgan fingerprint density at radius 2 is 2.14 bits per heavy atom. The van der Waals surface area contributed by atoms with Crippen molar-refractivity contribution in [3.8, 4) is 0 Å². The topological polar surface area (TPSA) is 37.3 Å². The number of benzene rings is 1. The summed E-state index contributed by atoms with van der Waals surface area (Å²) in [7, 11) is 0. The Kier molecular flexibility index (Phi) is 3.06. The van der Waals surface area contributed by atoms with Crippen LogP contribution in [0.15, 0.2) is 6.07 Å². The van der Waals surface area contributed by atoms with Crippen LogP contribution in [0.4, 0.5) is 8.78 Å². The highest BCUT2D eigenvalue weighted by atomic mass is 35.5. The Balaban J connectivity index is 3.29. The van der Waals surface area contributed by atoms with E-state index < -0.39 is 24.0 Å². The van der Waals surface area contributed by atoms with Crippen LogP contribution in [0.25, 0.3) is 0 Å². The summed E-state index contributed by atoms with van der Waals surface area (Å²) in [6, 6.07) is 0.915. The van der Waals surface area contributed by atoms with Gasteiger partial charge in [0.25, 0.3) is 0 Å². The van der Waals surface area contributed by atoms with Crippen molar-refractivity contribution in [2.75, 3.05) is 0 Å². The number of rotatable bonds is 2. The lowest BCUT2D eigenvalue weighted by atomic mass is 10.1. The molecule has 1 aromatic rings. The highest BCUT2D eigenvalue weighted by molar-refractivity contribution is 6.31. The summed E-state index contributed by atoms with van der Waals surface area (Å²) in [5.41, 5.74) is -0.399. The SMILES string of the molecule is Cc1c(F)cc(Cl)c(CC(=O)O)c1F. The van der Waals surface area contributed by atoms with Crippen molar-refractivity contribution in [1.29, 1.82) is 0 Å². The van der Waals surface area contributed by atoms with Gasteiger partial charge in [-0.15, -0.1) is 0 Å². The lowest BCUT2D eigenvalue weighted by Gasteiger charge is -2.06. The van der Waals surface area contributed by atoms with Crippen LogP contribution in [0.3, 0.4) is 0 Å². The van der Waals surface area contributed by atoms with Gasteiger partial charge in [0.1, 0.15) is 11.6 Å². The van der Waals surface area contributed by atoms with Crippen LogP contribution in [0.1, 0.15) is 11.1 Å². The number of hydrogen-bond donors (Lipinski definition) is 1. The third kappa shape index (κ3) is 2.01. The van der Waals surface area contributed by atoms with E-state index in [1.165, 1.54) is 6.92 Å². The predicted octanol–water partition coefficient (Wildman–Crippen LogP) is 2.55. The molecule has 0 aromatic heterocycles. The average molecular weight is 221 g/mol. The number of halogens is 3. The van der Waals surface area contributed by atoms with Crippen LogP contribution in [0.5, 0.6) is 0 Å². The lowest BCUT2D eigenvalue weighted by molar-refractivity contribution is -0.136. The smallest absolute Gasteiger partial charge is 0.307 e. The molecule has 1 aromatic carbocycles. The molecule has 2 nitrogen and oxygen atoms in total. The van der Waals surface area contributed by atoms with Gasteiger partial charge in [-0.2, -0.15) is 0 Å². The molecule has 0 spiro atoms. The minimum atomic E-state index is -1.21. The monoisotopic (exact) mass is 220 g/mol. The fourth-order valence-electron chi connectivity index (χ4n) is 1.06. The molecule has 0 aliphatic heterocycles. The zero-order valence-electron chi connectivity index (χ0n) is 7.27. The molecule has 0 unspecified atom stereocenters. The molecule has 0 heterocycles. The van der Waals surface area contributed by atoms with Gasteiger partial charge in [-0.25, -0.2) is 8.78 Å². The third-order valence-corrected chi connectivity index (χ3v) is 2.16. The van der Waals surface area contributed by atoms with Gasteiger partial charge in [0.2, 0.25) is 0 Å². The summed E-state index contributed by atoms with van der Waals surface area (Å²) in [5.74, 6) is -2.88. The second-order valence-electron chi connectivity index (χ2n) is 2.83. The number of carboxylic acids is 1. The molecule has 0 amide bonds. The number of hydrogen-bond acceptors (Lipinski definition) is 1. The van der Waals surface area contributed by atoms with Gasteiger partial charge in [0.15, 0.2) is 0 Å². The van der Waals surface area contributed by atoms with Crippen molar-refractivity contribution < 1.29 is 18.7 Å². The van der Waals surface area contributed by atoms with E-state index in [0.29, 0.717) is 0 Å². The zero-order chi connectivity index (χ0) is 10.9. The van der Waals surface area contributed by atoms with E-state index in [2.05, 4.69) is 0 Å². The molecule has 0 atom stereocenters. The van der Waals surface area contributed by atoms with E-state index in [4.69, 9.17) is 16.7 Å². The largest absolute Gasteiger partial charge is 0.481 e. The van der Waals surface area contributed by atoms with E-state index in [9.17, 15) is 13.6 Å². The standard InChI is InChI=1S/C9H7ClF2O2/c1-4-7(11)3-6(10)5(9(4)12)2-8(13)14/h3H,2H2,1H3,(H,13,14). The first-order valence-electron chi connectivity index (χ1n) is 3.78. The Morgan fingerprint density at radius 3 is 2.64 bits per heavy atom. The maximum absolute atomic E-state index is 13.3. The minimum absolute atomic E-state index is 0.182.